The van der Waals surface area contributed by atoms with Crippen molar-refractivity contribution in [2.24, 2.45) is 17.3 Å². The molecular weight excluding hydrogens is 246 g/mol. The maximum absolute atomic E-state index is 11.8. The van der Waals surface area contributed by atoms with Crippen LogP contribution in [-0.4, -0.2) is 31.6 Å². The van der Waals surface area contributed by atoms with Crippen molar-refractivity contribution in [1.82, 2.24) is 4.31 Å². The van der Waals surface area contributed by atoms with Crippen molar-refractivity contribution in [3.8, 4) is 0 Å². The highest BCUT2D eigenvalue weighted by Crippen LogP contribution is 2.39. The molecule has 1 atom stereocenters. The molecular formula is C14H29NO2S. The second-order valence-electron chi connectivity index (χ2n) is 6.52. The van der Waals surface area contributed by atoms with Crippen LogP contribution in [-0.2, 0) is 10.0 Å². The Hall–Kier alpha value is -0.0900. The Kier molecular flexibility index (Phi) is 5.24. The summed E-state index contributed by atoms with van der Waals surface area (Å²) in [5.41, 5.74) is 0.325. The Morgan fingerprint density at radius 1 is 1.17 bits per heavy atom. The second kappa shape index (κ2) is 5.91. The zero-order valence-electron chi connectivity index (χ0n) is 12.6. The van der Waals surface area contributed by atoms with Crippen molar-refractivity contribution >= 4 is 10.0 Å². The average molecular weight is 275 g/mol. The SMILES string of the molecule is CCC(C1CCN(S(=O)(=O)CC)CC1)C(C)(C)C. The molecule has 0 N–H and O–H groups in total. The summed E-state index contributed by atoms with van der Waals surface area (Å²) in [6.45, 7) is 12.3. The zero-order valence-corrected chi connectivity index (χ0v) is 13.4. The van der Waals surface area contributed by atoms with Gasteiger partial charge in [-0.15, -0.1) is 0 Å². The third kappa shape index (κ3) is 3.70. The lowest BCUT2D eigenvalue weighted by molar-refractivity contribution is 0.107. The van der Waals surface area contributed by atoms with Crippen LogP contribution in [0.4, 0.5) is 0 Å². The van der Waals surface area contributed by atoms with Gasteiger partial charge in [-0.3, -0.25) is 0 Å². The molecule has 4 heteroatoms. The first-order valence-electron chi connectivity index (χ1n) is 7.20. The van der Waals surface area contributed by atoms with Gasteiger partial charge in [-0.25, -0.2) is 12.7 Å². The van der Waals surface area contributed by atoms with Gasteiger partial charge in [0.15, 0.2) is 0 Å². The summed E-state index contributed by atoms with van der Waals surface area (Å²) < 4.78 is 25.3. The number of piperidine rings is 1. The quantitative estimate of drug-likeness (QED) is 0.790. The molecule has 0 saturated carbocycles. The first-order chi connectivity index (χ1) is 8.22. The lowest BCUT2D eigenvalue weighted by Crippen LogP contribution is -2.42. The van der Waals surface area contributed by atoms with E-state index in [0.717, 1.165) is 12.8 Å². The molecule has 1 heterocycles. The highest BCUT2D eigenvalue weighted by molar-refractivity contribution is 7.89. The van der Waals surface area contributed by atoms with E-state index in [1.54, 1.807) is 11.2 Å². The normalized spacial score (nSPS) is 22.1. The van der Waals surface area contributed by atoms with E-state index in [0.29, 0.717) is 30.3 Å². The van der Waals surface area contributed by atoms with Gasteiger partial charge in [0, 0.05) is 13.1 Å². The molecule has 0 amide bonds. The van der Waals surface area contributed by atoms with Gasteiger partial charge in [-0.1, -0.05) is 34.1 Å². The molecule has 0 radical (unpaired) electrons. The van der Waals surface area contributed by atoms with Crippen LogP contribution in [0.3, 0.4) is 0 Å². The Bertz CT molecular complexity index is 348. The Balaban J connectivity index is 2.64. The molecule has 1 saturated heterocycles. The predicted molar refractivity (Wildman–Crippen MR) is 77.0 cm³/mol. The Morgan fingerprint density at radius 3 is 2.00 bits per heavy atom. The summed E-state index contributed by atoms with van der Waals surface area (Å²) in [6.07, 6.45) is 3.23. The smallest absolute Gasteiger partial charge is 0.212 e. The van der Waals surface area contributed by atoms with E-state index in [9.17, 15) is 8.42 Å². The minimum atomic E-state index is -2.98. The van der Waals surface area contributed by atoms with E-state index >= 15 is 0 Å². The lowest BCUT2D eigenvalue weighted by atomic mass is 9.69. The number of hydrogen-bond donors (Lipinski definition) is 0. The van der Waals surface area contributed by atoms with Gasteiger partial charge in [0.05, 0.1) is 5.75 Å². The average Bonchev–Trinajstić information content (AvgIpc) is 2.29. The molecule has 3 nitrogen and oxygen atoms in total. The third-order valence-electron chi connectivity index (χ3n) is 4.38. The monoisotopic (exact) mass is 275 g/mol. The maximum atomic E-state index is 11.8. The van der Waals surface area contributed by atoms with E-state index in [1.807, 2.05) is 0 Å². The summed E-state index contributed by atoms with van der Waals surface area (Å²) in [7, 11) is -2.98. The van der Waals surface area contributed by atoms with Gasteiger partial charge in [0.1, 0.15) is 0 Å². The molecule has 18 heavy (non-hydrogen) atoms. The molecule has 108 valence electrons. The first kappa shape index (κ1) is 16.0. The second-order valence-corrected chi connectivity index (χ2v) is 8.78. The summed E-state index contributed by atoms with van der Waals surface area (Å²) in [5, 5.41) is 0. The van der Waals surface area contributed by atoms with Crippen molar-refractivity contribution in [2.75, 3.05) is 18.8 Å². The van der Waals surface area contributed by atoms with Gasteiger partial charge in [-0.05, 0) is 37.0 Å². The molecule has 1 aliphatic heterocycles. The molecule has 0 aromatic heterocycles. The van der Waals surface area contributed by atoms with Crippen molar-refractivity contribution in [3.63, 3.8) is 0 Å². The van der Waals surface area contributed by atoms with Crippen molar-refractivity contribution in [3.05, 3.63) is 0 Å². The fourth-order valence-electron chi connectivity index (χ4n) is 3.39. The summed E-state index contributed by atoms with van der Waals surface area (Å²) in [6, 6.07) is 0. The number of rotatable bonds is 4. The molecule has 0 spiro atoms. The lowest BCUT2D eigenvalue weighted by Gasteiger charge is -2.41. The Morgan fingerprint density at radius 2 is 1.67 bits per heavy atom. The number of hydrogen-bond acceptors (Lipinski definition) is 2. The molecule has 0 bridgehead atoms. The predicted octanol–water partition coefficient (Wildman–Crippen LogP) is 3.12. The standard InChI is InChI=1S/C14H29NO2S/c1-6-13(14(3,4)5)12-8-10-15(11-9-12)18(16,17)7-2/h12-13H,6-11H2,1-5H3. The van der Waals surface area contributed by atoms with Crippen LogP contribution in [0.15, 0.2) is 0 Å². The van der Waals surface area contributed by atoms with E-state index < -0.39 is 10.0 Å². The van der Waals surface area contributed by atoms with Crippen molar-refractivity contribution in [1.29, 1.82) is 0 Å². The van der Waals surface area contributed by atoms with Gasteiger partial charge < -0.3 is 0 Å². The number of nitrogens with zero attached hydrogens (tertiary/aromatic N) is 1. The van der Waals surface area contributed by atoms with Gasteiger partial charge >= 0.3 is 0 Å². The maximum Gasteiger partial charge on any atom is 0.213 e. The highest BCUT2D eigenvalue weighted by Gasteiger charge is 2.35. The largest absolute Gasteiger partial charge is 0.213 e. The van der Waals surface area contributed by atoms with Crippen LogP contribution < -0.4 is 0 Å². The molecule has 1 rings (SSSR count). The minimum Gasteiger partial charge on any atom is -0.212 e. The van der Waals surface area contributed by atoms with Crippen LogP contribution in [0, 0.1) is 17.3 Å². The fourth-order valence-corrected chi connectivity index (χ4v) is 4.52. The van der Waals surface area contributed by atoms with Crippen molar-refractivity contribution in [2.45, 2.75) is 53.9 Å². The molecule has 0 aromatic rings. The summed E-state index contributed by atoms with van der Waals surface area (Å²) >= 11 is 0. The highest BCUT2D eigenvalue weighted by atomic mass is 32.2. The van der Waals surface area contributed by atoms with E-state index in [1.165, 1.54) is 6.42 Å². The van der Waals surface area contributed by atoms with Crippen LogP contribution in [0.1, 0.15) is 53.9 Å². The molecule has 0 aromatic carbocycles. The topological polar surface area (TPSA) is 37.4 Å². The van der Waals surface area contributed by atoms with Gasteiger partial charge in [0.2, 0.25) is 10.0 Å². The third-order valence-corrected chi connectivity index (χ3v) is 6.26. The van der Waals surface area contributed by atoms with Gasteiger partial charge in [-0.2, -0.15) is 0 Å². The molecule has 0 aliphatic carbocycles. The Labute approximate surface area is 113 Å². The van der Waals surface area contributed by atoms with Gasteiger partial charge in [0.25, 0.3) is 0 Å². The van der Waals surface area contributed by atoms with Crippen LogP contribution in [0.25, 0.3) is 0 Å². The first-order valence-corrected chi connectivity index (χ1v) is 8.81. The summed E-state index contributed by atoms with van der Waals surface area (Å²) in [5.74, 6) is 1.61. The van der Waals surface area contributed by atoms with E-state index in [-0.39, 0.29) is 5.75 Å². The van der Waals surface area contributed by atoms with Crippen LogP contribution >= 0.6 is 0 Å². The summed E-state index contributed by atoms with van der Waals surface area (Å²) in [4.78, 5) is 0. The molecule has 1 aliphatic rings. The zero-order chi connectivity index (χ0) is 14.0. The van der Waals surface area contributed by atoms with E-state index in [2.05, 4.69) is 27.7 Å². The van der Waals surface area contributed by atoms with Crippen LogP contribution in [0.2, 0.25) is 0 Å². The van der Waals surface area contributed by atoms with Crippen molar-refractivity contribution < 1.29 is 8.42 Å². The molecule has 1 unspecified atom stereocenters. The minimum absolute atomic E-state index is 0.230. The van der Waals surface area contributed by atoms with Crippen LogP contribution in [0.5, 0.6) is 0 Å². The fraction of sp³-hybridized carbons (Fsp3) is 1.00. The van der Waals surface area contributed by atoms with E-state index in [4.69, 9.17) is 0 Å². The number of sulfonamides is 1. The molecule has 1 fully saturated rings.